The van der Waals surface area contributed by atoms with E-state index in [0.29, 0.717) is 31.0 Å². The highest BCUT2D eigenvalue weighted by Crippen LogP contribution is 2.30. The average molecular weight is 279 g/mol. The Morgan fingerprint density at radius 1 is 1.25 bits per heavy atom. The molecule has 20 heavy (non-hydrogen) atoms. The van der Waals surface area contributed by atoms with Crippen molar-refractivity contribution in [2.75, 3.05) is 6.54 Å². The van der Waals surface area contributed by atoms with Gasteiger partial charge in [-0.1, -0.05) is 6.92 Å². The third-order valence-electron chi connectivity index (χ3n) is 4.93. The van der Waals surface area contributed by atoms with E-state index >= 15 is 0 Å². The molecule has 0 aromatic heterocycles. The number of hydrogen-bond acceptors (Lipinski definition) is 3. The van der Waals surface area contributed by atoms with Crippen LogP contribution in [0.25, 0.3) is 0 Å². The second-order valence-corrected chi connectivity index (χ2v) is 6.45. The number of nitrogens with zero attached hydrogens (tertiary/aromatic N) is 1. The molecule has 3 rings (SSSR count). The van der Waals surface area contributed by atoms with E-state index in [2.05, 4.69) is 22.5 Å². The first kappa shape index (κ1) is 13.9. The zero-order valence-corrected chi connectivity index (χ0v) is 12.2. The molecule has 2 amide bonds. The normalized spacial score (nSPS) is 36.0. The molecule has 3 atom stereocenters. The van der Waals surface area contributed by atoms with Crippen LogP contribution in [-0.4, -0.2) is 47.4 Å². The van der Waals surface area contributed by atoms with Crippen molar-refractivity contribution in [1.29, 1.82) is 0 Å². The van der Waals surface area contributed by atoms with Crippen LogP contribution in [0.15, 0.2) is 0 Å². The van der Waals surface area contributed by atoms with Gasteiger partial charge < -0.3 is 15.5 Å². The highest BCUT2D eigenvalue weighted by molar-refractivity contribution is 5.91. The van der Waals surface area contributed by atoms with Crippen molar-refractivity contribution in [3.63, 3.8) is 0 Å². The molecule has 0 radical (unpaired) electrons. The van der Waals surface area contributed by atoms with Crippen molar-refractivity contribution in [2.24, 2.45) is 0 Å². The third-order valence-corrected chi connectivity index (χ3v) is 4.93. The first-order chi connectivity index (χ1) is 9.67. The molecule has 0 aromatic carbocycles. The van der Waals surface area contributed by atoms with Crippen molar-refractivity contribution in [2.45, 2.75) is 76.0 Å². The van der Waals surface area contributed by atoms with E-state index in [0.717, 1.165) is 25.8 Å². The second kappa shape index (κ2) is 5.72. The Balaban J connectivity index is 1.68. The molecular weight excluding hydrogens is 254 g/mol. The van der Waals surface area contributed by atoms with Gasteiger partial charge in [0.2, 0.25) is 11.8 Å². The Labute approximate surface area is 120 Å². The van der Waals surface area contributed by atoms with Gasteiger partial charge in [-0.15, -0.1) is 0 Å². The van der Waals surface area contributed by atoms with Gasteiger partial charge in [0, 0.05) is 31.1 Å². The minimum Gasteiger partial charge on any atom is -0.344 e. The Hall–Kier alpha value is -1.10. The minimum atomic E-state index is -0.276. The minimum absolute atomic E-state index is 0.0187. The maximum atomic E-state index is 12.7. The maximum Gasteiger partial charge on any atom is 0.245 e. The molecule has 3 heterocycles. The van der Waals surface area contributed by atoms with Crippen LogP contribution in [0.5, 0.6) is 0 Å². The number of nitrogens with one attached hydrogen (secondary N) is 2. The van der Waals surface area contributed by atoms with Gasteiger partial charge in [0.1, 0.15) is 6.04 Å². The van der Waals surface area contributed by atoms with Gasteiger partial charge in [0.05, 0.1) is 0 Å². The molecule has 2 N–H and O–H groups in total. The van der Waals surface area contributed by atoms with E-state index in [1.807, 2.05) is 0 Å². The molecular formula is C15H25N3O2. The predicted molar refractivity (Wildman–Crippen MR) is 76.1 cm³/mol. The molecule has 3 saturated heterocycles. The zero-order chi connectivity index (χ0) is 14.1. The van der Waals surface area contributed by atoms with Gasteiger partial charge in [-0.3, -0.25) is 9.59 Å². The molecule has 0 spiro atoms. The number of fused-ring (bicyclic) bond motifs is 2. The second-order valence-electron chi connectivity index (χ2n) is 6.45. The summed E-state index contributed by atoms with van der Waals surface area (Å²) in [6.07, 6.45) is 6.77. The molecule has 3 aliphatic heterocycles. The van der Waals surface area contributed by atoms with Crippen molar-refractivity contribution >= 4 is 11.8 Å². The highest BCUT2D eigenvalue weighted by atomic mass is 16.2. The highest BCUT2D eigenvalue weighted by Gasteiger charge is 2.39. The van der Waals surface area contributed by atoms with Crippen LogP contribution in [0, 0.1) is 0 Å². The number of rotatable bonds is 4. The van der Waals surface area contributed by atoms with Gasteiger partial charge in [-0.25, -0.2) is 0 Å². The van der Waals surface area contributed by atoms with Crippen LogP contribution in [0.4, 0.5) is 0 Å². The fourth-order valence-corrected chi connectivity index (χ4v) is 3.99. The summed E-state index contributed by atoms with van der Waals surface area (Å²) in [5.74, 6) is 0.161. The van der Waals surface area contributed by atoms with E-state index in [1.54, 1.807) is 0 Å². The monoisotopic (exact) mass is 279 g/mol. The van der Waals surface area contributed by atoms with Crippen molar-refractivity contribution < 1.29 is 9.59 Å². The van der Waals surface area contributed by atoms with Crippen LogP contribution in [0.2, 0.25) is 0 Å². The largest absolute Gasteiger partial charge is 0.344 e. The molecule has 112 valence electrons. The van der Waals surface area contributed by atoms with Crippen LogP contribution in [-0.2, 0) is 9.59 Å². The van der Waals surface area contributed by atoms with E-state index < -0.39 is 0 Å². The van der Waals surface area contributed by atoms with Crippen molar-refractivity contribution in [3.05, 3.63) is 0 Å². The Morgan fingerprint density at radius 2 is 1.95 bits per heavy atom. The maximum absolute atomic E-state index is 12.7. The van der Waals surface area contributed by atoms with Gasteiger partial charge in [0.15, 0.2) is 0 Å². The van der Waals surface area contributed by atoms with Crippen LogP contribution in [0.3, 0.4) is 0 Å². The van der Waals surface area contributed by atoms with E-state index in [9.17, 15) is 9.59 Å². The summed E-state index contributed by atoms with van der Waals surface area (Å²) in [4.78, 5) is 26.1. The first-order valence-electron chi connectivity index (χ1n) is 8.03. The molecule has 3 aliphatic rings. The fourth-order valence-electron chi connectivity index (χ4n) is 3.99. The lowest BCUT2D eigenvalue weighted by Gasteiger charge is -2.38. The zero-order valence-electron chi connectivity index (χ0n) is 12.2. The van der Waals surface area contributed by atoms with E-state index in [1.165, 1.54) is 12.8 Å². The quantitative estimate of drug-likeness (QED) is 0.800. The summed E-state index contributed by atoms with van der Waals surface area (Å²) in [5, 5.41) is 6.45. The summed E-state index contributed by atoms with van der Waals surface area (Å²) in [6, 6.07) is 1.26. The Morgan fingerprint density at radius 3 is 2.50 bits per heavy atom. The van der Waals surface area contributed by atoms with Gasteiger partial charge >= 0.3 is 0 Å². The first-order valence-corrected chi connectivity index (χ1v) is 8.03. The lowest BCUT2D eigenvalue weighted by molar-refractivity contribution is -0.137. The molecule has 2 bridgehead atoms. The predicted octanol–water partition coefficient (Wildman–Crippen LogP) is 0.787. The summed E-state index contributed by atoms with van der Waals surface area (Å²) < 4.78 is 0. The number of amides is 2. The number of piperidine rings is 1. The molecule has 5 heteroatoms. The molecule has 0 aromatic rings. The van der Waals surface area contributed by atoms with Crippen molar-refractivity contribution in [3.8, 4) is 0 Å². The molecule has 3 fully saturated rings. The topological polar surface area (TPSA) is 61.4 Å². The van der Waals surface area contributed by atoms with Crippen molar-refractivity contribution in [1.82, 2.24) is 15.5 Å². The fraction of sp³-hybridized carbons (Fsp3) is 0.867. The van der Waals surface area contributed by atoms with Crippen LogP contribution in [0.1, 0.15) is 51.9 Å². The SMILES string of the molecule is CCCN(C(=O)C1CCC(=O)N1)C1CC2CCC(C1)N2. The third kappa shape index (κ3) is 2.68. The summed E-state index contributed by atoms with van der Waals surface area (Å²) >= 11 is 0. The van der Waals surface area contributed by atoms with Gasteiger partial charge in [-0.2, -0.15) is 0 Å². The Bertz CT molecular complexity index is 387. The number of hydrogen-bond donors (Lipinski definition) is 2. The lowest BCUT2D eigenvalue weighted by Crippen LogP contribution is -2.54. The average Bonchev–Trinajstić information content (AvgIpc) is 3.01. The van der Waals surface area contributed by atoms with Gasteiger partial charge in [-0.05, 0) is 38.5 Å². The summed E-state index contributed by atoms with van der Waals surface area (Å²) in [6.45, 7) is 2.93. The molecule has 0 aliphatic carbocycles. The molecule has 5 nitrogen and oxygen atoms in total. The van der Waals surface area contributed by atoms with E-state index in [-0.39, 0.29) is 17.9 Å². The van der Waals surface area contributed by atoms with Crippen LogP contribution < -0.4 is 10.6 Å². The van der Waals surface area contributed by atoms with E-state index in [4.69, 9.17) is 0 Å². The smallest absolute Gasteiger partial charge is 0.245 e. The van der Waals surface area contributed by atoms with Crippen LogP contribution >= 0.6 is 0 Å². The number of carbonyl (C=O) groups excluding carboxylic acids is 2. The van der Waals surface area contributed by atoms with Gasteiger partial charge in [0.25, 0.3) is 0 Å². The summed E-state index contributed by atoms with van der Waals surface area (Å²) in [7, 11) is 0. The number of carbonyl (C=O) groups is 2. The standard InChI is InChI=1S/C15H25N3O2/c1-2-7-18(15(20)13-5-6-14(19)17-13)12-8-10-3-4-11(9-12)16-10/h10-13,16H,2-9H2,1H3,(H,17,19). The lowest BCUT2D eigenvalue weighted by atomic mass is 9.97. The Kier molecular flexibility index (Phi) is 3.96. The molecule has 3 unspecified atom stereocenters. The summed E-state index contributed by atoms with van der Waals surface area (Å²) in [5.41, 5.74) is 0. The molecule has 0 saturated carbocycles.